The van der Waals surface area contributed by atoms with Crippen LogP contribution in [-0.4, -0.2) is 28.8 Å². The minimum absolute atomic E-state index is 0. The molecule has 0 aliphatic carbocycles. The summed E-state index contributed by atoms with van der Waals surface area (Å²) in [6.45, 7) is -0.682. The molecular formula is C14H13ClF2IN3O2S. The average molecular weight is 488 g/mol. The largest absolute Gasteiger partial charge is 0.433 e. The Morgan fingerprint density at radius 3 is 2.83 bits per heavy atom. The van der Waals surface area contributed by atoms with Gasteiger partial charge in [0.05, 0.1) is 20.8 Å². The van der Waals surface area contributed by atoms with Crippen LogP contribution < -0.4 is 9.64 Å². The van der Waals surface area contributed by atoms with Crippen LogP contribution in [0, 0.1) is 3.57 Å². The first-order valence-electron chi connectivity index (χ1n) is 6.67. The Balaban J connectivity index is 0.00000208. The first-order valence-corrected chi connectivity index (χ1v) is 8.13. The second kappa shape index (κ2) is 7.44. The molecule has 0 saturated heterocycles. The van der Waals surface area contributed by atoms with Gasteiger partial charge in [-0.2, -0.15) is 27.4 Å². The number of fused-ring (bicyclic) bond motifs is 1. The molecule has 0 saturated carbocycles. The molecule has 5 nitrogen and oxygen atoms in total. The molecule has 10 heteroatoms. The van der Waals surface area contributed by atoms with Crippen molar-refractivity contribution in [3.05, 3.63) is 38.7 Å². The number of halogens is 4. The number of benzene rings is 1. The molecule has 130 valence electrons. The Morgan fingerprint density at radius 2 is 2.17 bits per heavy atom. The van der Waals surface area contributed by atoms with Gasteiger partial charge < -0.3 is 9.64 Å². The zero-order valence-corrected chi connectivity index (χ0v) is 16.3. The van der Waals surface area contributed by atoms with Crippen LogP contribution in [0.5, 0.6) is 5.75 Å². The first kappa shape index (κ1) is 19.3. The van der Waals surface area contributed by atoms with Gasteiger partial charge in [0.15, 0.2) is 0 Å². The van der Waals surface area contributed by atoms with Gasteiger partial charge in [0.25, 0.3) is 5.91 Å². The number of hydrogen-bond donors (Lipinski definition) is 0. The third-order valence-corrected chi connectivity index (χ3v) is 4.61. The number of nitrogens with zero attached hydrogens (tertiary/aromatic N) is 3. The summed E-state index contributed by atoms with van der Waals surface area (Å²) >= 11 is 7.90. The molecule has 0 radical (unpaired) electrons. The van der Waals surface area contributed by atoms with Crippen LogP contribution in [0.1, 0.15) is 23.5 Å². The maximum absolute atomic E-state index is 12.7. The number of anilines is 1. The van der Waals surface area contributed by atoms with E-state index in [0.29, 0.717) is 17.9 Å². The van der Waals surface area contributed by atoms with Gasteiger partial charge >= 0.3 is 6.61 Å². The molecule has 0 spiro atoms. The van der Waals surface area contributed by atoms with Gasteiger partial charge in [0, 0.05) is 18.3 Å². The molecule has 24 heavy (non-hydrogen) atoms. The summed E-state index contributed by atoms with van der Waals surface area (Å²) in [5.41, 5.74) is 0.931. The fourth-order valence-electron chi connectivity index (χ4n) is 2.50. The van der Waals surface area contributed by atoms with E-state index in [1.54, 1.807) is 16.9 Å². The first-order chi connectivity index (χ1) is 10.9. The Bertz CT molecular complexity index is 774. The van der Waals surface area contributed by atoms with Crippen LogP contribution in [0.25, 0.3) is 0 Å². The van der Waals surface area contributed by atoms with Gasteiger partial charge in [-0.25, -0.2) is 0 Å². The van der Waals surface area contributed by atoms with Gasteiger partial charge in [-0.1, -0.05) is 11.6 Å². The molecule has 1 aliphatic heterocycles. The fraction of sp³-hybridized carbons (Fsp3) is 0.286. The van der Waals surface area contributed by atoms with Crippen LogP contribution >= 0.6 is 47.7 Å². The third-order valence-electron chi connectivity index (χ3n) is 3.51. The Hall–Kier alpha value is -1.07. The number of hydrogen-bond acceptors (Lipinski definition) is 3. The van der Waals surface area contributed by atoms with Crippen molar-refractivity contribution >= 4 is 59.3 Å². The van der Waals surface area contributed by atoms with Crippen molar-refractivity contribution in [1.82, 2.24) is 9.78 Å². The van der Waals surface area contributed by atoms with Gasteiger partial charge in [-0.15, -0.1) is 0 Å². The number of rotatable bonds is 3. The van der Waals surface area contributed by atoms with E-state index in [-0.39, 0.29) is 36.2 Å². The molecule has 0 unspecified atom stereocenters. The predicted molar refractivity (Wildman–Crippen MR) is 99.8 cm³/mol. The van der Waals surface area contributed by atoms with Crippen molar-refractivity contribution in [2.45, 2.75) is 19.6 Å². The minimum atomic E-state index is -2.99. The quantitative estimate of drug-likeness (QED) is 0.613. The van der Waals surface area contributed by atoms with E-state index in [1.807, 2.05) is 29.5 Å². The fourth-order valence-corrected chi connectivity index (χ4v) is 3.26. The van der Waals surface area contributed by atoms with Gasteiger partial charge in [-0.3, -0.25) is 9.48 Å². The highest BCUT2D eigenvalue weighted by molar-refractivity contribution is 14.1. The monoisotopic (exact) mass is 487 g/mol. The van der Waals surface area contributed by atoms with Crippen molar-refractivity contribution in [2.24, 2.45) is 0 Å². The molecule has 2 heterocycles. The lowest BCUT2D eigenvalue weighted by molar-refractivity contribution is -0.0497. The van der Waals surface area contributed by atoms with Crippen LogP contribution in [0.3, 0.4) is 0 Å². The number of ether oxygens (including phenoxy) is 1. The van der Waals surface area contributed by atoms with Crippen LogP contribution in [0.4, 0.5) is 14.5 Å². The van der Waals surface area contributed by atoms with E-state index in [9.17, 15) is 13.6 Å². The Morgan fingerprint density at radius 1 is 1.46 bits per heavy atom. The summed E-state index contributed by atoms with van der Waals surface area (Å²) in [5, 5.41) is 4.26. The molecule has 0 fully saturated rings. The predicted octanol–water partition coefficient (Wildman–Crippen LogP) is 4.08. The molecule has 1 amide bonds. The highest BCUT2D eigenvalue weighted by atomic mass is 127. The van der Waals surface area contributed by atoms with Crippen LogP contribution in [0.15, 0.2) is 24.4 Å². The number of amides is 1. The normalized spacial score (nSPS) is 16.8. The summed E-state index contributed by atoms with van der Waals surface area (Å²) in [5.74, 6) is -0.399. The van der Waals surface area contributed by atoms with Crippen molar-refractivity contribution in [2.75, 3.05) is 11.4 Å². The Kier molecular flexibility index (Phi) is 5.97. The van der Waals surface area contributed by atoms with Crippen molar-refractivity contribution in [3.8, 4) is 5.75 Å². The van der Waals surface area contributed by atoms with E-state index >= 15 is 0 Å². The average Bonchev–Trinajstić information content (AvgIpc) is 2.88. The van der Waals surface area contributed by atoms with Gasteiger partial charge in [0.2, 0.25) is 0 Å². The summed E-state index contributed by atoms with van der Waals surface area (Å²) in [4.78, 5) is 14.2. The van der Waals surface area contributed by atoms with Gasteiger partial charge in [0.1, 0.15) is 11.4 Å². The Labute approximate surface area is 162 Å². The number of alkyl halides is 2. The number of aromatic nitrogens is 2. The maximum Gasteiger partial charge on any atom is 0.387 e. The zero-order valence-electron chi connectivity index (χ0n) is 12.3. The minimum Gasteiger partial charge on any atom is -0.433 e. The van der Waals surface area contributed by atoms with Crippen LogP contribution in [-0.2, 0) is 0 Å². The molecule has 3 rings (SSSR count). The lowest BCUT2D eigenvalue weighted by Gasteiger charge is -2.32. The van der Waals surface area contributed by atoms with Crippen molar-refractivity contribution < 1.29 is 18.3 Å². The zero-order chi connectivity index (χ0) is 16.7. The summed E-state index contributed by atoms with van der Waals surface area (Å²) in [7, 11) is 0. The highest BCUT2D eigenvalue weighted by Gasteiger charge is 2.33. The molecular weight excluding hydrogens is 475 g/mol. The second-order valence-electron chi connectivity index (χ2n) is 5.04. The lowest BCUT2D eigenvalue weighted by Crippen LogP contribution is -2.43. The summed E-state index contributed by atoms with van der Waals surface area (Å²) in [6, 6.07) is 4.34. The summed E-state index contributed by atoms with van der Waals surface area (Å²) < 4.78 is 31.7. The SMILES string of the molecule is C[C@H]1CN(c2ccc(Cl)c(OC(F)F)c2)C(=O)c2c(I)cnn21.S. The maximum atomic E-state index is 12.7. The van der Waals surface area contributed by atoms with Gasteiger partial charge in [-0.05, 0) is 41.6 Å². The molecule has 0 N–H and O–H groups in total. The smallest absolute Gasteiger partial charge is 0.387 e. The van der Waals surface area contributed by atoms with E-state index in [0.717, 1.165) is 3.57 Å². The topological polar surface area (TPSA) is 47.4 Å². The number of carbonyl (C=O) groups is 1. The van der Waals surface area contributed by atoms with E-state index in [4.69, 9.17) is 11.6 Å². The molecule has 1 aromatic heterocycles. The third kappa shape index (κ3) is 3.47. The standard InChI is InChI=1S/C14H11ClF2IN3O2.H2S/c1-7-6-20(13(22)12-10(18)5-19-21(7)12)8-2-3-9(15)11(4-8)23-14(16)17;/h2-5,7,14H,6H2,1H3;1H2/t7-;/m0./s1. The molecule has 0 bridgehead atoms. The number of carbonyl (C=O) groups excluding carboxylic acids is 1. The van der Waals surface area contributed by atoms with E-state index < -0.39 is 6.61 Å². The summed E-state index contributed by atoms with van der Waals surface area (Å²) in [6.07, 6.45) is 1.63. The highest BCUT2D eigenvalue weighted by Crippen LogP contribution is 2.34. The van der Waals surface area contributed by atoms with Crippen LogP contribution in [0.2, 0.25) is 5.02 Å². The molecule has 1 aromatic carbocycles. The van der Waals surface area contributed by atoms with E-state index in [1.165, 1.54) is 17.0 Å². The van der Waals surface area contributed by atoms with Crippen molar-refractivity contribution in [3.63, 3.8) is 0 Å². The van der Waals surface area contributed by atoms with Crippen molar-refractivity contribution in [1.29, 1.82) is 0 Å². The second-order valence-corrected chi connectivity index (χ2v) is 6.61. The van der Waals surface area contributed by atoms with E-state index in [2.05, 4.69) is 9.84 Å². The molecule has 1 atom stereocenters. The molecule has 1 aliphatic rings. The lowest BCUT2D eigenvalue weighted by atomic mass is 10.1. The molecule has 2 aromatic rings.